The second-order valence-corrected chi connectivity index (χ2v) is 8.51. The Hall–Kier alpha value is -4.78. The van der Waals surface area contributed by atoms with E-state index in [1.165, 1.54) is 6.92 Å². The van der Waals surface area contributed by atoms with Gasteiger partial charge in [-0.25, -0.2) is 0 Å². The van der Waals surface area contributed by atoms with Crippen molar-refractivity contribution in [2.45, 2.75) is 44.3 Å². The van der Waals surface area contributed by atoms with Crippen molar-refractivity contribution in [3.05, 3.63) is 71.9 Å². The van der Waals surface area contributed by atoms with Crippen LogP contribution < -0.4 is 16.0 Å². The highest BCUT2D eigenvalue weighted by atomic mass is 16.2. The van der Waals surface area contributed by atoms with Crippen LogP contribution in [-0.2, 0) is 25.6 Å². The number of nitrogens with one attached hydrogen (secondary N) is 5. The van der Waals surface area contributed by atoms with Crippen molar-refractivity contribution in [3.63, 3.8) is 0 Å². The third kappa shape index (κ3) is 7.35. The summed E-state index contributed by atoms with van der Waals surface area (Å²) in [5.74, 6) is -2.20. The maximum Gasteiger partial charge on any atom is 0.243 e. The van der Waals surface area contributed by atoms with Crippen molar-refractivity contribution in [3.8, 4) is 6.07 Å². The third-order valence-corrected chi connectivity index (χ3v) is 5.81. The Balaban J connectivity index is 1.80. The number of para-hydroxylation sites is 1. The van der Waals surface area contributed by atoms with Crippen LogP contribution in [0.2, 0.25) is 0 Å². The van der Waals surface area contributed by atoms with Crippen LogP contribution in [0.25, 0.3) is 10.9 Å². The van der Waals surface area contributed by atoms with Gasteiger partial charge >= 0.3 is 0 Å². The molecule has 10 nitrogen and oxygen atoms in total. The molecule has 37 heavy (non-hydrogen) atoms. The van der Waals surface area contributed by atoms with Crippen molar-refractivity contribution in [2.24, 2.45) is 0 Å². The Morgan fingerprint density at radius 1 is 0.973 bits per heavy atom. The Labute approximate surface area is 213 Å². The molecule has 3 aromatic rings. The minimum absolute atomic E-state index is 0.0847. The van der Waals surface area contributed by atoms with E-state index in [0.29, 0.717) is 11.8 Å². The lowest BCUT2D eigenvalue weighted by Crippen LogP contribution is -2.54. The molecule has 0 unspecified atom stereocenters. The molecule has 0 aliphatic carbocycles. The third-order valence-electron chi connectivity index (χ3n) is 5.81. The number of Topliss-reactive ketones (excluding diaryl/α,β-unsaturated/α-hetero) is 1. The molecule has 0 radical (unpaired) electrons. The smallest absolute Gasteiger partial charge is 0.243 e. The number of aromatic nitrogens is 1. The molecule has 10 heteroatoms. The summed E-state index contributed by atoms with van der Waals surface area (Å²) in [7, 11) is 0. The number of H-pyrrole nitrogens is 1. The Bertz CT molecular complexity index is 1330. The van der Waals surface area contributed by atoms with E-state index in [4.69, 9.17) is 5.41 Å². The zero-order valence-electron chi connectivity index (χ0n) is 20.3. The van der Waals surface area contributed by atoms with Gasteiger partial charge in [0.2, 0.25) is 17.7 Å². The number of rotatable bonds is 12. The number of nitriles is 1. The number of benzene rings is 2. The molecular formula is C27H28N6O4. The average Bonchev–Trinajstić information content (AvgIpc) is 3.31. The summed E-state index contributed by atoms with van der Waals surface area (Å²) < 4.78 is 0. The number of carbonyl (C=O) groups is 4. The van der Waals surface area contributed by atoms with Gasteiger partial charge in [0.1, 0.15) is 18.1 Å². The van der Waals surface area contributed by atoms with E-state index in [1.54, 1.807) is 36.5 Å². The molecule has 1 aromatic heterocycles. The number of nitrogens with zero attached hydrogens (tertiary/aromatic N) is 1. The lowest BCUT2D eigenvalue weighted by Gasteiger charge is -2.24. The molecule has 0 aliphatic heterocycles. The van der Waals surface area contributed by atoms with Crippen LogP contribution in [0, 0.1) is 16.7 Å². The van der Waals surface area contributed by atoms with Crippen LogP contribution in [0.5, 0.6) is 0 Å². The van der Waals surface area contributed by atoms with E-state index in [1.807, 2.05) is 30.3 Å². The van der Waals surface area contributed by atoms with Gasteiger partial charge in [0, 0.05) is 36.9 Å². The summed E-state index contributed by atoms with van der Waals surface area (Å²) in [5.41, 5.74) is 2.25. The molecule has 5 N–H and O–H groups in total. The van der Waals surface area contributed by atoms with E-state index >= 15 is 0 Å². The fourth-order valence-electron chi connectivity index (χ4n) is 3.95. The highest BCUT2D eigenvalue weighted by Crippen LogP contribution is 2.19. The molecule has 0 aliphatic rings. The number of amides is 3. The van der Waals surface area contributed by atoms with Crippen molar-refractivity contribution in [1.29, 1.82) is 10.7 Å². The summed E-state index contributed by atoms with van der Waals surface area (Å²) in [6, 6.07) is 15.0. The standard InChI is InChI=1S/C27H28N6O4/c1-17(34)31-24(13-19-16-30-22-10-6-5-9-21(19)22)27(37)32-23(12-11-20(35)14-28)26(36)33-25(15-29)18-7-3-2-4-8-18/h2-10,14,16,23-25,28,30H,11-13H2,1H3,(H,31,34)(H,32,37)(H,33,36)/t23-,24-,25+/m0/s1. The number of aromatic amines is 1. The molecule has 1 heterocycles. The summed E-state index contributed by atoms with van der Waals surface area (Å²) >= 11 is 0. The van der Waals surface area contributed by atoms with Gasteiger partial charge < -0.3 is 26.3 Å². The fourth-order valence-corrected chi connectivity index (χ4v) is 3.95. The predicted octanol–water partition coefficient (Wildman–Crippen LogP) is 2.08. The number of carbonyl (C=O) groups excluding carboxylic acids is 4. The highest BCUT2D eigenvalue weighted by Gasteiger charge is 2.29. The van der Waals surface area contributed by atoms with Crippen LogP contribution in [0.15, 0.2) is 60.8 Å². The lowest BCUT2D eigenvalue weighted by molar-refractivity contribution is -0.132. The maximum atomic E-state index is 13.3. The van der Waals surface area contributed by atoms with Crippen LogP contribution in [0.1, 0.15) is 36.9 Å². The first kappa shape index (κ1) is 26.8. The van der Waals surface area contributed by atoms with E-state index in [0.717, 1.165) is 16.5 Å². The summed E-state index contributed by atoms with van der Waals surface area (Å²) in [5, 5.41) is 25.5. The minimum atomic E-state index is -1.17. The number of hydrogen-bond donors (Lipinski definition) is 5. The molecule has 3 atom stereocenters. The van der Waals surface area contributed by atoms with E-state index < -0.39 is 41.6 Å². The van der Waals surface area contributed by atoms with Gasteiger partial charge in [-0.05, 0) is 23.6 Å². The first-order chi connectivity index (χ1) is 17.8. The zero-order valence-corrected chi connectivity index (χ0v) is 20.3. The maximum absolute atomic E-state index is 13.3. The summed E-state index contributed by atoms with van der Waals surface area (Å²) in [6.07, 6.45) is 2.33. The Morgan fingerprint density at radius 3 is 2.32 bits per heavy atom. The molecule has 0 bridgehead atoms. The molecule has 0 spiro atoms. The van der Waals surface area contributed by atoms with Crippen molar-refractivity contribution < 1.29 is 19.2 Å². The topological polar surface area (TPSA) is 168 Å². The number of hydrogen-bond acceptors (Lipinski definition) is 6. The average molecular weight is 501 g/mol. The first-order valence-corrected chi connectivity index (χ1v) is 11.7. The monoisotopic (exact) mass is 500 g/mol. The first-order valence-electron chi connectivity index (χ1n) is 11.7. The van der Waals surface area contributed by atoms with E-state index in [2.05, 4.69) is 20.9 Å². The van der Waals surface area contributed by atoms with Crippen LogP contribution in [-0.4, -0.2) is 46.8 Å². The normalized spacial score (nSPS) is 13.0. The van der Waals surface area contributed by atoms with Gasteiger partial charge in [0.25, 0.3) is 0 Å². The van der Waals surface area contributed by atoms with Crippen LogP contribution >= 0.6 is 0 Å². The van der Waals surface area contributed by atoms with E-state index in [9.17, 15) is 24.4 Å². The SMILES string of the molecule is CC(=O)N[C@@H](Cc1c[nH]c2ccccc12)C(=O)N[C@@H](CCC(=O)C=N)C(=O)N[C@H](C#N)c1ccccc1. The molecule has 0 saturated carbocycles. The second-order valence-electron chi connectivity index (χ2n) is 8.51. The van der Waals surface area contributed by atoms with Gasteiger partial charge in [0.15, 0.2) is 5.78 Å². The predicted molar refractivity (Wildman–Crippen MR) is 138 cm³/mol. The van der Waals surface area contributed by atoms with Gasteiger partial charge in [0.05, 0.1) is 12.3 Å². The molecule has 3 amide bonds. The van der Waals surface area contributed by atoms with Gasteiger partial charge in [-0.1, -0.05) is 48.5 Å². The van der Waals surface area contributed by atoms with Gasteiger partial charge in [-0.3, -0.25) is 19.2 Å². The van der Waals surface area contributed by atoms with Crippen molar-refractivity contribution >= 4 is 40.6 Å². The van der Waals surface area contributed by atoms with Gasteiger partial charge in [-0.15, -0.1) is 0 Å². The molecule has 190 valence electrons. The highest BCUT2D eigenvalue weighted by molar-refractivity contribution is 6.26. The number of ketones is 1. The summed E-state index contributed by atoms with van der Waals surface area (Å²) in [6.45, 7) is 1.29. The fraction of sp³-hybridized carbons (Fsp3) is 0.259. The van der Waals surface area contributed by atoms with Gasteiger partial charge in [-0.2, -0.15) is 5.26 Å². The van der Waals surface area contributed by atoms with Crippen LogP contribution in [0.4, 0.5) is 0 Å². The van der Waals surface area contributed by atoms with E-state index in [-0.39, 0.29) is 19.3 Å². The Kier molecular flexibility index (Phi) is 9.27. The minimum Gasteiger partial charge on any atom is -0.361 e. The molecule has 2 aromatic carbocycles. The van der Waals surface area contributed by atoms with Crippen molar-refractivity contribution in [1.82, 2.24) is 20.9 Å². The Morgan fingerprint density at radius 2 is 1.65 bits per heavy atom. The van der Waals surface area contributed by atoms with Crippen LogP contribution in [0.3, 0.4) is 0 Å². The molecule has 0 saturated heterocycles. The molecule has 0 fully saturated rings. The van der Waals surface area contributed by atoms with Crippen molar-refractivity contribution in [2.75, 3.05) is 0 Å². The quantitative estimate of drug-likeness (QED) is 0.240. The second kappa shape index (κ2) is 12.8. The molecule has 3 rings (SSSR count). The summed E-state index contributed by atoms with van der Waals surface area (Å²) in [4.78, 5) is 53.2. The lowest BCUT2D eigenvalue weighted by atomic mass is 10.0. The molecular weight excluding hydrogens is 472 g/mol. The zero-order chi connectivity index (χ0) is 26.8. The number of fused-ring (bicyclic) bond motifs is 1. The largest absolute Gasteiger partial charge is 0.361 e.